The fraction of sp³-hybridized carbons (Fsp3) is 0.0400. The molecule has 2 heteroatoms. The maximum Gasteiger partial charge on any atom is 0.0714 e. The summed E-state index contributed by atoms with van der Waals surface area (Å²) in [6.45, 7) is 0. The van der Waals surface area contributed by atoms with Crippen LogP contribution in [0.4, 0.5) is 0 Å². The van der Waals surface area contributed by atoms with Crippen LogP contribution in [0.15, 0.2) is 97.1 Å². The molecule has 0 radical (unpaired) electrons. The van der Waals surface area contributed by atoms with Gasteiger partial charge in [-0.1, -0.05) is 72.8 Å². The molecule has 0 heterocycles. The highest BCUT2D eigenvalue weighted by molar-refractivity contribution is 14.1. The monoisotopic (exact) mass is 570 g/mol. The Morgan fingerprint density at radius 1 is 0.481 bits per heavy atom. The van der Waals surface area contributed by atoms with Gasteiger partial charge in [0, 0.05) is 7.14 Å². The van der Waals surface area contributed by atoms with Crippen LogP contribution in [0.3, 0.4) is 0 Å². The first-order valence-corrected chi connectivity index (χ1v) is 11.1. The van der Waals surface area contributed by atoms with E-state index >= 15 is 0 Å². The van der Waals surface area contributed by atoms with Crippen LogP contribution in [0.5, 0.6) is 0 Å². The summed E-state index contributed by atoms with van der Waals surface area (Å²) in [5, 5.41) is 0. The van der Waals surface area contributed by atoms with Gasteiger partial charge >= 0.3 is 0 Å². The summed E-state index contributed by atoms with van der Waals surface area (Å²) in [6.07, 6.45) is 0. The Hall–Kier alpha value is -1.66. The van der Waals surface area contributed by atoms with Gasteiger partial charge in [-0.05, 0) is 103 Å². The third-order valence-electron chi connectivity index (χ3n) is 5.47. The summed E-state index contributed by atoms with van der Waals surface area (Å²) in [4.78, 5) is 0. The zero-order valence-electron chi connectivity index (χ0n) is 14.5. The average Bonchev–Trinajstić information content (AvgIpc) is 3.00. The van der Waals surface area contributed by atoms with Crippen LogP contribution < -0.4 is 0 Å². The molecule has 0 N–H and O–H groups in total. The second-order valence-electron chi connectivity index (χ2n) is 6.86. The summed E-state index contributed by atoms with van der Waals surface area (Å²) in [5.74, 6) is 0. The van der Waals surface area contributed by atoms with E-state index < -0.39 is 0 Å². The summed E-state index contributed by atoms with van der Waals surface area (Å²) in [5.41, 5.74) is 7.79. The first-order chi connectivity index (χ1) is 13.2. The van der Waals surface area contributed by atoms with Crippen molar-refractivity contribution >= 4 is 45.2 Å². The van der Waals surface area contributed by atoms with Crippen LogP contribution >= 0.6 is 45.2 Å². The molecule has 4 aromatic rings. The highest BCUT2D eigenvalue weighted by Gasteiger charge is 2.45. The van der Waals surface area contributed by atoms with Gasteiger partial charge in [0.1, 0.15) is 0 Å². The molecule has 0 unspecified atom stereocenters. The van der Waals surface area contributed by atoms with Gasteiger partial charge in [0.2, 0.25) is 0 Å². The van der Waals surface area contributed by atoms with Gasteiger partial charge in [-0.25, -0.2) is 0 Å². The Morgan fingerprint density at radius 3 is 1.37 bits per heavy atom. The van der Waals surface area contributed by atoms with Crippen molar-refractivity contribution in [2.75, 3.05) is 0 Å². The molecular weight excluding hydrogens is 554 g/mol. The van der Waals surface area contributed by atoms with E-state index in [0.717, 1.165) is 0 Å². The SMILES string of the molecule is Ic1cccc(C2(c3cccc(I)c3)c3ccccc3-c3ccccc32)c1. The molecular formula is C25H16I2. The lowest BCUT2D eigenvalue weighted by Gasteiger charge is -2.34. The number of hydrogen-bond acceptors (Lipinski definition) is 0. The number of halogens is 2. The molecule has 5 rings (SSSR count). The maximum atomic E-state index is 2.42. The van der Waals surface area contributed by atoms with Gasteiger partial charge in [-0.3, -0.25) is 0 Å². The van der Waals surface area contributed by atoms with Crippen molar-refractivity contribution in [3.63, 3.8) is 0 Å². The van der Waals surface area contributed by atoms with Gasteiger partial charge in [-0.2, -0.15) is 0 Å². The molecule has 0 nitrogen and oxygen atoms in total. The molecule has 0 spiro atoms. The normalized spacial score (nSPS) is 13.9. The van der Waals surface area contributed by atoms with E-state index in [1.807, 2.05) is 0 Å². The number of rotatable bonds is 2. The quantitative estimate of drug-likeness (QED) is 0.196. The van der Waals surface area contributed by atoms with Crippen LogP contribution in [-0.2, 0) is 5.41 Å². The molecule has 4 aromatic carbocycles. The van der Waals surface area contributed by atoms with Crippen molar-refractivity contribution in [3.05, 3.63) is 126 Å². The lowest BCUT2D eigenvalue weighted by atomic mass is 9.68. The third kappa shape index (κ3) is 2.60. The fourth-order valence-electron chi connectivity index (χ4n) is 4.47. The number of fused-ring (bicyclic) bond motifs is 3. The summed E-state index contributed by atoms with van der Waals surface area (Å²) in [6, 6.07) is 35.7. The minimum absolute atomic E-state index is 0.282. The Kier molecular flexibility index (Phi) is 4.36. The van der Waals surface area contributed by atoms with Crippen LogP contribution in [0.2, 0.25) is 0 Å². The number of hydrogen-bond donors (Lipinski definition) is 0. The summed E-state index contributed by atoms with van der Waals surface area (Å²) < 4.78 is 2.52. The fourth-order valence-corrected chi connectivity index (χ4v) is 5.55. The van der Waals surface area contributed by atoms with E-state index in [1.54, 1.807) is 0 Å². The molecule has 0 saturated carbocycles. The topological polar surface area (TPSA) is 0 Å². The molecule has 0 saturated heterocycles. The zero-order valence-corrected chi connectivity index (χ0v) is 18.8. The molecule has 0 fully saturated rings. The molecule has 1 aliphatic carbocycles. The van der Waals surface area contributed by atoms with Gasteiger partial charge in [-0.15, -0.1) is 0 Å². The van der Waals surface area contributed by atoms with E-state index in [1.165, 1.54) is 40.5 Å². The van der Waals surface area contributed by atoms with Crippen molar-refractivity contribution in [3.8, 4) is 11.1 Å². The second-order valence-corrected chi connectivity index (χ2v) is 9.35. The van der Waals surface area contributed by atoms with E-state index in [4.69, 9.17) is 0 Å². The second kappa shape index (κ2) is 6.74. The molecule has 1 aliphatic rings. The average molecular weight is 570 g/mol. The Morgan fingerprint density at radius 2 is 0.926 bits per heavy atom. The third-order valence-corrected chi connectivity index (χ3v) is 6.81. The van der Waals surface area contributed by atoms with E-state index in [0.29, 0.717) is 0 Å². The summed E-state index contributed by atoms with van der Waals surface area (Å²) in [7, 11) is 0. The van der Waals surface area contributed by atoms with Gasteiger partial charge < -0.3 is 0 Å². The van der Waals surface area contributed by atoms with Crippen molar-refractivity contribution in [1.29, 1.82) is 0 Å². The minimum Gasteiger partial charge on any atom is -0.0619 e. The first kappa shape index (κ1) is 17.4. The Balaban J connectivity index is 1.98. The minimum atomic E-state index is -0.282. The van der Waals surface area contributed by atoms with Crippen LogP contribution in [0, 0.1) is 7.14 Å². The van der Waals surface area contributed by atoms with Crippen molar-refractivity contribution in [2.45, 2.75) is 5.41 Å². The zero-order chi connectivity index (χ0) is 18.4. The lowest BCUT2D eigenvalue weighted by Crippen LogP contribution is -2.28. The number of benzene rings is 4. The Bertz CT molecular complexity index is 1070. The Labute approximate surface area is 186 Å². The molecule has 0 aromatic heterocycles. The van der Waals surface area contributed by atoms with Gasteiger partial charge in [0.25, 0.3) is 0 Å². The largest absolute Gasteiger partial charge is 0.0714 e. The smallest absolute Gasteiger partial charge is 0.0619 e. The molecule has 130 valence electrons. The van der Waals surface area contributed by atoms with E-state index in [9.17, 15) is 0 Å². The van der Waals surface area contributed by atoms with Crippen molar-refractivity contribution in [1.82, 2.24) is 0 Å². The lowest BCUT2D eigenvalue weighted by molar-refractivity contribution is 0.767. The maximum absolute atomic E-state index is 2.42. The van der Waals surface area contributed by atoms with Crippen molar-refractivity contribution < 1.29 is 0 Å². The molecule has 0 amide bonds. The standard InChI is InChI=1S/C25H16I2/c26-19-9-5-7-17(15-19)25(18-8-6-10-20(27)16-18)23-13-3-1-11-21(23)22-12-2-4-14-24(22)25/h1-16H. The molecule has 0 aliphatic heterocycles. The predicted octanol–water partition coefficient (Wildman–Crippen LogP) is 7.26. The van der Waals surface area contributed by atoms with Crippen LogP contribution in [0.1, 0.15) is 22.3 Å². The van der Waals surface area contributed by atoms with Crippen LogP contribution in [0.25, 0.3) is 11.1 Å². The van der Waals surface area contributed by atoms with Crippen molar-refractivity contribution in [2.24, 2.45) is 0 Å². The van der Waals surface area contributed by atoms with E-state index in [-0.39, 0.29) is 5.41 Å². The van der Waals surface area contributed by atoms with Crippen LogP contribution in [-0.4, -0.2) is 0 Å². The van der Waals surface area contributed by atoms with Gasteiger partial charge in [0.15, 0.2) is 0 Å². The predicted molar refractivity (Wildman–Crippen MR) is 129 cm³/mol. The first-order valence-electron chi connectivity index (χ1n) is 8.93. The molecule has 0 bridgehead atoms. The molecule has 27 heavy (non-hydrogen) atoms. The highest BCUT2D eigenvalue weighted by atomic mass is 127. The summed E-state index contributed by atoms with van der Waals surface area (Å²) >= 11 is 4.84. The highest BCUT2D eigenvalue weighted by Crippen LogP contribution is 2.56. The van der Waals surface area contributed by atoms with E-state index in [2.05, 4.69) is 142 Å². The molecule has 0 atom stereocenters. The van der Waals surface area contributed by atoms with Gasteiger partial charge in [0.05, 0.1) is 5.41 Å².